The molecule has 0 aliphatic carbocycles. The lowest BCUT2D eigenvalue weighted by Crippen LogP contribution is -2.44. The van der Waals surface area contributed by atoms with Gasteiger partial charge in [-0.15, -0.1) is 0 Å². The Kier molecular flexibility index (Phi) is 4.48. The predicted molar refractivity (Wildman–Crippen MR) is 84.6 cm³/mol. The Labute approximate surface area is 140 Å². The van der Waals surface area contributed by atoms with Crippen LogP contribution in [0.4, 0.5) is 0 Å². The van der Waals surface area contributed by atoms with E-state index in [4.69, 9.17) is 40.6 Å². The summed E-state index contributed by atoms with van der Waals surface area (Å²) >= 11 is 6.57. The van der Waals surface area contributed by atoms with Gasteiger partial charge in [0, 0.05) is 0 Å². The summed E-state index contributed by atoms with van der Waals surface area (Å²) in [5.74, 6) is -1.33. The lowest BCUT2D eigenvalue weighted by Gasteiger charge is -2.29. The summed E-state index contributed by atoms with van der Waals surface area (Å²) in [5.41, 5.74) is 0. The maximum absolute atomic E-state index is 6.01. The van der Waals surface area contributed by atoms with Crippen LogP contribution in [-0.4, -0.2) is 59.5 Å². The van der Waals surface area contributed by atoms with Crippen molar-refractivity contribution in [1.29, 1.82) is 0 Å². The number of rotatable bonds is 2. The molecule has 3 rings (SSSR count). The third-order valence-corrected chi connectivity index (χ3v) is 4.85. The quantitative estimate of drug-likeness (QED) is 0.702. The minimum Gasteiger partial charge on any atom is -0.469 e. The van der Waals surface area contributed by atoms with E-state index in [1.165, 1.54) is 11.8 Å². The zero-order valence-corrected chi connectivity index (χ0v) is 15.0. The highest BCUT2D eigenvalue weighted by Crippen LogP contribution is 2.42. The normalized spacial score (nSPS) is 42.3. The minimum absolute atomic E-state index is 0.245. The molecule has 3 aliphatic rings. The molecule has 3 heterocycles. The molecule has 22 heavy (non-hydrogen) atoms. The van der Waals surface area contributed by atoms with Gasteiger partial charge in [0.2, 0.25) is 4.38 Å². The summed E-state index contributed by atoms with van der Waals surface area (Å²) in [6, 6.07) is 0. The first-order valence-electron chi connectivity index (χ1n) is 7.28. The third kappa shape index (κ3) is 3.28. The lowest BCUT2D eigenvalue weighted by atomic mass is 10.1. The van der Waals surface area contributed by atoms with Crippen LogP contribution in [0.3, 0.4) is 0 Å². The van der Waals surface area contributed by atoms with Crippen LogP contribution in [0.5, 0.6) is 0 Å². The molecule has 3 aliphatic heterocycles. The number of fused-ring (bicyclic) bond motifs is 1. The summed E-state index contributed by atoms with van der Waals surface area (Å²) in [4.78, 5) is 0. The van der Waals surface area contributed by atoms with E-state index < -0.39 is 17.9 Å². The zero-order valence-electron chi connectivity index (χ0n) is 13.4. The molecule has 6 nitrogen and oxygen atoms in total. The molecule has 0 spiro atoms. The summed E-state index contributed by atoms with van der Waals surface area (Å²) < 4.78 is 35.6. The second-order valence-corrected chi connectivity index (χ2v) is 7.88. The smallest absolute Gasteiger partial charge is 0.220 e. The topological polar surface area (TPSA) is 55.4 Å². The Morgan fingerprint density at radius 3 is 2.41 bits per heavy atom. The fraction of sp³-hybridized carbons (Fsp3) is 0.929. The van der Waals surface area contributed by atoms with Crippen LogP contribution < -0.4 is 0 Å². The molecule has 0 aromatic rings. The van der Waals surface area contributed by atoms with Crippen molar-refractivity contribution in [3.05, 3.63) is 0 Å². The first-order valence-corrected chi connectivity index (χ1v) is 8.91. The summed E-state index contributed by atoms with van der Waals surface area (Å²) in [7, 11) is 0. The van der Waals surface area contributed by atoms with Crippen LogP contribution in [0.2, 0.25) is 0 Å². The van der Waals surface area contributed by atoms with Crippen LogP contribution in [0, 0.1) is 0 Å². The summed E-state index contributed by atoms with van der Waals surface area (Å²) in [6.07, 6.45) is 0.0796. The van der Waals surface area contributed by atoms with Gasteiger partial charge in [0.25, 0.3) is 0 Å². The number of ether oxygens (including phenoxy) is 6. The van der Waals surface area contributed by atoms with Crippen molar-refractivity contribution in [1.82, 2.24) is 0 Å². The molecular formula is C14H22O6S2. The molecule has 0 amide bonds. The average Bonchev–Trinajstić information content (AvgIpc) is 3.01. The highest BCUT2D eigenvalue weighted by molar-refractivity contribution is 8.22. The van der Waals surface area contributed by atoms with Gasteiger partial charge in [0.15, 0.2) is 30.1 Å². The van der Waals surface area contributed by atoms with Crippen molar-refractivity contribution >= 4 is 28.4 Å². The standard InChI is InChI=1S/C14H22O6S2/c1-13(2)15-6-7(18-13)8-9(17-12(21)22-5)10-11(16-8)20-14(3,4)19-10/h7-11H,6H2,1-5H3/t7-,8-,9?,10-,11-/m1/s1. The highest BCUT2D eigenvalue weighted by atomic mass is 32.2. The van der Waals surface area contributed by atoms with Crippen LogP contribution in [0.25, 0.3) is 0 Å². The Morgan fingerprint density at radius 1 is 1.09 bits per heavy atom. The first kappa shape index (κ1) is 16.9. The van der Waals surface area contributed by atoms with E-state index in [9.17, 15) is 0 Å². The molecule has 0 N–H and O–H groups in total. The van der Waals surface area contributed by atoms with E-state index in [1.807, 2.05) is 34.0 Å². The first-order chi connectivity index (χ1) is 10.2. The van der Waals surface area contributed by atoms with E-state index in [0.717, 1.165) is 0 Å². The summed E-state index contributed by atoms with van der Waals surface area (Å²) in [5, 5.41) is 0. The Bertz CT molecular complexity index is 455. The van der Waals surface area contributed by atoms with Gasteiger partial charge in [0.1, 0.15) is 12.2 Å². The van der Waals surface area contributed by atoms with Gasteiger partial charge >= 0.3 is 0 Å². The van der Waals surface area contributed by atoms with E-state index in [2.05, 4.69) is 0 Å². The number of thioether (sulfide) groups is 1. The Balaban J connectivity index is 1.76. The SMILES string of the molecule is CSC(=S)OC1[C@H]2OC(C)(C)O[C@H]2O[C@@H]1[C@H]1COC(C)(C)O1. The van der Waals surface area contributed by atoms with Crippen molar-refractivity contribution in [3.8, 4) is 0 Å². The Morgan fingerprint density at radius 2 is 1.82 bits per heavy atom. The second kappa shape index (κ2) is 5.84. The lowest BCUT2D eigenvalue weighted by molar-refractivity contribution is -0.230. The maximum atomic E-state index is 6.01. The molecule has 3 fully saturated rings. The van der Waals surface area contributed by atoms with E-state index in [1.54, 1.807) is 0 Å². The van der Waals surface area contributed by atoms with Gasteiger partial charge in [-0.25, -0.2) is 0 Å². The van der Waals surface area contributed by atoms with Crippen LogP contribution in [0.15, 0.2) is 0 Å². The fourth-order valence-electron chi connectivity index (χ4n) is 2.97. The van der Waals surface area contributed by atoms with Crippen molar-refractivity contribution < 1.29 is 28.4 Å². The maximum Gasteiger partial charge on any atom is 0.220 e. The second-order valence-electron chi connectivity index (χ2n) is 6.47. The number of thiocarbonyl (C=S) groups is 1. The van der Waals surface area contributed by atoms with Crippen LogP contribution in [0.1, 0.15) is 27.7 Å². The molecule has 0 aromatic carbocycles. The molecule has 1 unspecified atom stereocenters. The molecule has 5 atom stereocenters. The van der Waals surface area contributed by atoms with Crippen molar-refractivity contribution in [3.63, 3.8) is 0 Å². The van der Waals surface area contributed by atoms with Crippen LogP contribution in [-0.2, 0) is 28.4 Å². The largest absolute Gasteiger partial charge is 0.469 e. The predicted octanol–water partition coefficient (Wildman–Crippen LogP) is 2.05. The fourth-order valence-corrected chi connectivity index (χ4v) is 3.29. The van der Waals surface area contributed by atoms with Crippen molar-refractivity contribution in [2.24, 2.45) is 0 Å². The van der Waals surface area contributed by atoms with E-state index in [-0.39, 0.29) is 24.4 Å². The minimum atomic E-state index is -0.699. The van der Waals surface area contributed by atoms with Crippen LogP contribution >= 0.6 is 24.0 Å². The number of hydrogen-bond acceptors (Lipinski definition) is 8. The average molecular weight is 350 g/mol. The molecule has 126 valence electrons. The van der Waals surface area contributed by atoms with Gasteiger partial charge in [-0.2, -0.15) is 0 Å². The van der Waals surface area contributed by atoms with Gasteiger partial charge in [-0.3, -0.25) is 0 Å². The molecular weight excluding hydrogens is 328 g/mol. The van der Waals surface area contributed by atoms with E-state index in [0.29, 0.717) is 11.0 Å². The monoisotopic (exact) mass is 350 g/mol. The molecule has 0 saturated carbocycles. The van der Waals surface area contributed by atoms with Gasteiger partial charge < -0.3 is 28.4 Å². The highest BCUT2D eigenvalue weighted by Gasteiger charge is 2.59. The molecule has 8 heteroatoms. The van der Waals surface area contributed by atoms with E-state index >= 15 is 0 Å². The molecule has 3 saturated heterocycles. The zero-order chi connectivity index (χ0) is 16.1. The summed E-state index contributed by atoms with van der Waals surface area (Å²) in [6.45, 7) is 7.90. The van der Waals surface area contributed by atoms with Gasteiger partial charge in [-0.05, 0) is 46.2 Å². The van der Waals surface area contributed by atoms with Crippen molar-refractivity contribution in [2.75, 3.05) is 12.9 Å². The molecule has 0 radical (unpaired) electrons. The van der Waals surface area contributed by atoms with Gasteiger partial charge in [-0.1, -0.05) is 11.8 Å². The Hall–Kier alpha value is 0.0400. The van der Waals surface area contributed by atoms with Crippen molar-refractivity contribution in [2.45, 2.75) is 70.0 Å². The molecule has 0 bridgehead atoms. The van der Waals surface area contributed by atoms with Gasteiger partial charge in [0.05, 0.1) is 6.61 Å². The third-order valence-electron chi connectivity index (χ3n) is 3.82. The number of hydrogen-bond donors (Lipinski definition) is 0. The molecule has 0 aromatic heterocycles.